The molecule has 1 aliphatic heterocycles. The molecule has 110 valence electrons. The Labute approximate surface area is 122 Å². The van der Waals surface area contributed by atoms with Crippen molar-refractivity contribution in [2.75, 3.05) is 13.1 Å². The van der Waals surface area contributed by atoms with Crippen LogP contribution in [0.4, 0.5) is 0 Å². The number of rotatable bonds is 4. The molecule has 0 aromatic carbocycles. The predicted molar refractivity (Wildman–Crippen MR) is 75.7 cm³/mol. The molecule has 1 saturated heterocycles. The van der Waals surface area contributed by atoms with Crippen LogP contribution in [-0.2, 0) is 4.79 Å². The molecule has 2 aromatic heterocycles. The minimum absolute atomic E-state index is 0.0961. The summed E-state index contributed by atoms with van der Waals surface area (Å²) in [7, 11) is 0. The fraction of sp³-hybridized carbons (Fsp3) is 0.429. The third kappa shape index (κ3) is 2.72. The largest absolute Gasteiger partial charge is 0.346 e. The Kier molecular flexibility index (Phi) is 3.55. The molecule has 7 heteroatoms. The maximum absolute atomic E-state index is 12.2. The van der Waals surface area contributed by atoms with Crippen LogP contribution in [0.1, 0.15) is 30.3 Å². The molecule has 0 radical (unpaired) electrons. The number of nitrogens with one attached hydrogen (secondary N) is 1. The molecule has 0 unspecified atom stereocenters. The van der Waals surface area contributed by atoms with E-state index in [0.29, 0.717) is 24.3 Å². The van der Waals surface area contributed by atoms with E-state index in [2.05, 4.69) is 15.4 Å². The van der Waals surface area contributed by atoms with Gasteiger partial charge in [0.15, 0.2) is 11.3 Å². The summed E-state index contributed by atoms with van der Waals surface area (Å²) in [6.07, 6.45) is 4.67. The number of carbonyl (C=O) groups excluding carboxylic acids is 2. The minimum Gasteiger partial charge on any atom is -0.346 e. The first kappa shape index (κ1) is 13.5. The second-order valence-corrected chi connectivity index (χ2v) is 5.17. The second kappa shape index (κ2) is 5.51. The van der Waals surface area contributed by atoms with Crippen molar-refractivity contribution in [2.45, 2.75) is 25.8 Å². The quantitative estimate of drug-likeness (QED) is 0.886. The number of carbonyl (C=O) groups is 2. The molecule has 3 heterocycles. The molecule has 3 rings (SSSR count). The summed E-state index contributed by atoms with van der Waals surface area (Å²) in [4.78, 5) is 29.9. The first-order valence-corrected chi connectivity index (χ1v) is 7.06. The second-order valence-electron chi connectivity index (χ2n) is 5.17. The topological polar surface area (TPSA) is 79.6 Å². The molecule has 0 saturated carbocycles. The van der Waals surface area contributed by atoms with Crippen molar-refractivity contribution in [1.29, 1.82) is 0 Å². The van der Waals surface area contributed by atoms with Crippen molar-refractivity contribution >= 4 is 17.5 Å². The van der Waals surface area contributed by atoms with Crippen LogP contribution in [0.2, 0.25) is 0 Å². The molecule has 2 amide bonds. The number of nitrogens with zero attached hydrogens (tertiary/aromatic N) is 4. The Morgan fingerprint density at radius 2 is 2.38 bits per heavy atom. The lowest BCUT2D eigenvalue weighted by molar-refractivity contribution is -0.127. The van der Waals surface area contributed by atoms with Gasteiger partial charge in [0.05, 0.1) is 6.04 Å². The number of aromatic nitrogens is 3. The van der Waals surface area contributed by atoms with Gasteiger partial charge in [-0.25, -0.2) is 9.50 Å². The van der Waals surface area contributed by atoms with Gasteiger partial charge in [-0.05, 0) is 12.5 Å². The minimum atomic E-state index is -0.267. The van der Waals surface area contributed by atoms with E-state index in [-0.39, 0.29) is 17.9 Å². The van der Waals surface area contributed by atoms with Gasteiger partial charge in [-0.3, -0.25) is 9.59 Å². The van der Waals surface area contributed by atoms with E-state index in [1.165, 1.54) is 0 Å². The average molecular weight is 287 g/mol. The third-order valence-corrected chi connectivity index (χ3v) is 3.51. The fourth-order valence-corrected chi connectivity index (χ4v) is 2.56. The molecule has 7 nitrogen and oxygen atoms in total. The van der Waals surface area contributed by atoms with Crippen molar-refractivity contribution in [2.24, 2.45) is 0 Å². The van der Waals surface area contributed by atoms with Crippen molar-refractivity contribution in [3.05, 3.63) is 30.2 Å². The summed E-state index contributed by atoms with van der Waals surface area (Å²) >= 11 is 0. The zero-order chi connectivity index (χ0) is 14.8. The smallest absolute Gasteiger partial charge is 0.272 e. The zero-order valence-corrected chi connectivity index (χ0v) is 11.8. The Bertz CT molecular complexity index is 648. The van der Waals surface area contributed by atoms with Crippen LogP contribution in [0.5, 0.6) is 0 Å². The predicted octanol–water partition coefficient (Wildman–Crippen LogP) is 0.470. The standard InChI is InChI=1S/C14H17N5O2/c1-2-5-18-9-10(7-13(18)20)16-14(21)11-8-12-15-4-3-6-19(12)17-11/h3-4,6,8,10H,2,5,7,9H2,1H3,(H,16,21)/t10-/m1/s1. The van der Waals surface area contributed by atoms with Gasteiger partial charge in [0, 0.05) is 38.0 Å². The summed E-state index contributed by atoms with van der Waals surface area (Å²) in [5.74, 6) is -0.171. The van der Waals surface area contributed by atoms with E-state index in [1.54, 1.807) is 33.9 Å². The Morgan fingerprint density at radius 1 is 1.52 bits per heavy atom. The SMILES string of the molecule is CCCN1C[C@H](NC(=O)c2cc3ncccn3n2)CC1=O. The van der Waals surface area contributed by atoms with Crippen molar-refractivity contribution in [3.8, 4) is 0 Å². The third-order valence-electron chi connectivity index (χ3n) is 3.51. The first-order valence-electron chi connectivity index (χ1n) is 7.06. The van der Waals surface area contributed by atoms with Gasteiger partial charge in [0.25, 0.3) is 5.91 Å². The van der Waals surface area contributed by atoms with Crippen LogP contribution in [0.25, 0.3) is 5.65 Å². The molecule has 0 bridgehead atoms. The highest BCUT2D eigenvalue weighted by atomic mass is 16.2. The van der Waals surface area contributed by atoms with Crippen LogP contribution >= 0.6 is 0 Å². The van der Waals surface area contributed by atoms with Crippen LogP contribution in [0, 0.1) is 0 Å². The van der Waals surface area contributed by atoms with Crippen LogP contribution < -0.4 is 5.32 Å². The molecule has 1 aliphatic rings. The zero-order valence-electron chi connectivity index (χ0n) is 11.8. The maximum atomic E-state index is 12.2. The number of hydrogen-bond donors (Lipinski definition) is 1. The summed E-state index contributed by atoms with van der Waals surface area (Å²) in [6.45, 7) is 3.34. The van der Waals surface area contributed by atoms with Crippen molar-refractivity contribution < 1.29 is 9.59 Å². The monoisotopic (exact) mass is 287 g/mol. The van der Waals surface area contributed by atoms with E-state index in [0.717, 1.165) is 13.0 Å². The highest BCUT2D eigenvalue weighted by Crippen LogP contribution is 2.12. The first-order chi connectivity index (χ1) is 10.2. The fourth-order valence-electron chi connectivity index (χ4n) is 2.56. The van der Waals surface area contributed by atoms with Crippen molar-refractivity contribution in [3.63, 3.8) is 0 Å². The van der Waals surface area contributed by atoms with E-state index in [4.69, 9.17) is 0 Å². The maximum Gasteiger partial charge on any atom is 0.272 e. The van der Waals surface area contributed by atoms with E-state index in [1.807, 2.05) is 6.92 Å². The molecule has 0 aliphatic carbocycles. The van der Waals surface area contributed by atoms with Gasteiger partial charge in [0.2, 0.25) is 5.91 Å². The lowest BCUT2D eigenvalue weighted by atomic mass is 10.2. The Morgan fingerprint density at radius 3 is 3.14 bits per heavy atom. The Hall–Kier alpha value is -2.44. The molecule has 1 atom stereocenters. The average Bonchev–Trinajstić information content (AvgIpc) is 3.03. The van der Waals surface area contributed by atoms with Gasteiger partial charge in [-0.2, -0.15) is 5.10 Å². The number of hydrogen-bond acceptors (Lipinski definition) is 4. The van der Waals surface area contributed by atoms with E-state index in [9.17, 15) is 9.59 Å². The van der Waals surface area contributed by atoms with Gasteiger partial charge < -0.3 is 10.2 Å². The van der Waals surface area contributed by atoms with Crippen LogP contribution in [0.15, 0.2) is 24.5 Å². The summed E-state index contributed by atoms with van der Waals surface area (Å²) in [5.41, 5.74) is 0.938. The van der Waals surface area contributed by atoms with E-state index >= 15 is 0 Å². The molecule has 21 heavy (non-hydrogen) atoms. The molecular formula is C14H17N5O2. The number of fused-ring (bicyclic) bond motifs is 1. The van der Waals surface area contributed by atoms with E-state index < -0.39 is 0 Å². The van der Waals surface area contributed by atoms with Gasteiger partial charge >= 0.3 is 0 Å². The molecule has 0 spiro atoms. The lowest BCUT2D eigenvalue weighted by Gasteiger charge is -2.15. The van der Waals surface area contributed by atoms with Gasteiger partial charge in [0.1, 0.15) is 0 Å². The van der Waals surface area contributed by atoms with Crippen molar-refractivity contribution in [1.82, 2.24) is 24.8 Å². The summed E-state index contributed by atoms with van der Waals surface area (Å²) in [6, 6.07) is 3.24. The number of amides is 2. The molecule has 1 fully saturated rings. The highest BCUT2D eigenvalue weighted by Gasteiger charge is 2.30. The molecular weight excluding hydrogens is 270 g/mol. The van der Waals surface area contributed by atoms with Gasteiger partial charge in [-0.15, -0.1) is 0 Å². The Balaban J connectivity index is 1.68. The van der Waals surface area contributed by atoms with Crippen LogP contribution in [0.3, 0.4) is 0 Å². The normalized spacial score (nSPS) is 18.4. The molecule has 1 N–H and O–H groups in total. The highest BCUT2D eigenvalue weighted by molar-refractivity contribution is 5.94. The van der Waals surface area contributed by atoms with Gasteiger partial charge in [-0.1, -0.05) is 6.92 Å². The molecule has 2 aromatic rings. The summed E-state index contributed by atoms with van der Waals surface area (Å²) < 4.78 is 1.55. The lowest BCUT2D eigenvalue weighted by Crippen LogP contribution is -2.37. The summed E-state index contributed by atoms with van der Waals surface area (Å²) in [5, 5.41) is 7.04. The van der Waals surface area contributed by atoms with Crippen LogP contribution in [-0.4, -0.2) is 50.4 Å². The number of likely N-dealkylation sites (tertiary alicyclic amines) is 1.